The van der Waals surface area contributed by atoms with Crippen molar-refractivity contribution in [3.05, 3.63) is 42.0 Å². The highest BCUT2D eigenvalue weighted by Crippen LogP contribution is 2.18. The number of sulfone groups is 1. The van der Waals surface area contributed by atoms with Crippen molar-refractivity contribution in [2.45, 2.75) is 18.9 Å². The van der Waals surface area contributed by atoms with E-state index >= 15 is 0 Å². The highest BCUT2D eigenvalue weighted by atomic mass is 32.2. The van der Waals surface area contributed by atoms with E-state index in [0.717, 1.165) is 25.9 Å². The highest BCUT2D eigenvalue weighted by Gasteiger charge is 2.31. The quantitative estimate of drug-likeness (QED) is 0.688. The Balaban J connectivity index is 1.94. The number of methoxy groups -OCH3 is 1. The molecule has 1 aromatic rings. The molecule has 0 N–H and O–H groups in total. The molecule has 1 aliphatic heterocycles. The van der Waals surface area contributed by atoms with Crippen LogP contribution in [-0.2, 0) is 14.6 Å². The van der Waals surface area contributed by atoms with Crippen LogP contribution in [0.3, 0.4) is 0 Å². The molecule has 1 atom stereocenters. The van der Waals surface area contributed by atoms with Crippen LogP contribution in [0.2, 0.25) is 0 Å². The molecule has 1 aromatic carbocycles. The van der Waals surface area contributed by atoms with Gasteiger partial charge in [0, 0.05) is 32.8 Å². The van der Waals surface area contributed by atoms with E-state index in [1.807, 2.05) is 18.2 Å². The molecule has 1 saturated heterocycles. The van der Waals surface area contributed by atoms with Gasteiger partial charge in [0.05, 0.1) is 11.5 Å². The normalized spacial score (nSPS) is 20.9. The van der Waals surface area contributed by atoms with Crippen molar-refractivity contribution in [3.63, 3.8) is 0 Å². The maximum absolute atomic E-state index is 11.7. The number of hydrogen-bond acceptors (Lipinski definition) is 4. The Labute approximate surface area is 133 Å². The lowest BCUT2D eigenvalue weighted by molar-refractivity contribution is 0.162. The Morgan fingerprint density at radius 2 is 2.09 bits per heavy atom. The molecule has 0 aliphatic carbocycles. The molecule has 0 bridgehead atoms. The van der Waals surface area contributed by atoms with Gasteiger partial charge in [-0.25, -0.2) is 8.42 Å². The molecule has 1 fully saturated rings. The number of hydrogen-bond donors (Lipinski definition) is 0. The Kier molecular flexibility index (Phi) is 6.61. The van der Waals surface area contributed by atoms with Crippen molar-refractivity contribution < 1.29 is 13.2 Å². The molecule has 22 heavy (non-hydrogen) atoms. The van der Waals surface area contributed by atoms with Crippen LogP contribution in [0.25, 0.3) is 6.08 Å². The van der Waals surface area contributed by atoms with Crippen LogP contribution in [-0.4, -0.2) is 57.7 Å². The smallest absolute Gasteiger partial charge is 0.151 e. The van der Waals surface area contributed by atoms with Crippen molar-refractivity contribution in [2.24, 2.45) is 0 Å². The van der Waals surface area contributed by atoms with E-state index in [2.05, 4.69) is 29.2 Å². The molecule has 0 spiro atoms. The molecule has 0 aromatic heterocycles. The van der Waals surface area contributed by atoms with Crippen molar-refractivity contribution >= 4 is 15.9 Å². The Hall–Kier alpha value is -1.17. The van der Waals surface area contributed by atoms with Crippen LogP contribution < -0.4 is 0 Å². The average molecular weight is 323 g/mol. The first-order chi connectivity index (χ1) is 10.6. The van der Waals surface area contributed by atoms with Gasteiger partial charge in [-0.3, -0.25) is 4.90 Å². The van der Waals surface area contributed by atoms with Crippen LogP contribution in [0.5, 0.6) is 0 Å². The van der Waals surface area contributed by atoms with Crippen molar-refractivity contribution in [2.75, 3.05) is 38.3 Å². The summed E-state index contributed by atoms with van der Waals surface area (Å²) < 4.78 is 28.5. The third kappa shape index (κ3) is 5.55. The van der Waals surface area contributed by atoms with Crippen LogP contribution in [0.4, 0.5) is 0 Å². The SMILES string of the molecule is COCCCN(C/C=C\c1ccccc1)[C@H]1CCS(=O)(=O)C1. The Bertz CT molecular complexity index is 569. The zero-order valence-corrected chi connectivity index (χ0v) is 14.0. The molecule has 1 aliphatic rings. The fourth-order valence-electron chi connectivity index (χ4n) is 2.79. The maximum Gasteiger partial charge on any atom is 0.151 e. The van der Waals surface area contributed by atoms with Gasteiger partial charge in [0.2, 0.25) is 0 Å². The second-order valence-corrected chi connectivity index (χ2v) is 7.94. The third-order valence-corrected chi connectivity index (χ3v) is 5.72. The first-order valence-corrected chi connectivity index (χ1v) is 9.58. The summed E-state index contributed by atoms with van der Waals surface area (Å²) in [6, 6.07) is 10.3. The summed E-state index contributed by atoms with van der Waals surface area (Å²) in [5.41, 5.74) is 1.17. The summed E-state index contributed by atoms with van der Waals surface area (Å²) >= 11 is 0. The molecule has 0 unspecified atom stereocenters. The van der Waals surface area contributed by atoms with Gasteiger partial charge in [0.1, 0.15) is 0 Å². The summed E-state index contributed by atoms with van der Waals surface area (Å²) in [4.78, 5) is 2.27. The Morgan fingerprint density at radius 3 is 2.73 bits per heavy atom. The van der Waals surface area contributed by atoms with Crippen LogP contribution in [0.15, 0.2) is 36.4 Å². The lowest BCUT2D eigenvalue weighted by Gasteiger charge is -2.26. The van der Waals surface area contributed by atoms with Gasteiger partial charge in [0.15, 0.2) is 9.84 Å². The maximum atomic E-state index is 11.7. The van der Waals surface area contributed by atoms with Crippen molar-refractivity contribution in [1.29, 1.82) is 0 Å². The summed E-state index contributed by atoms with van der Waals surface area (Å²) in [5.74, 6) is 0.611. The zero-order valence-electron chi connectivity index (χ0n) is 13.1. The highest BCUT2D eigenvalue weighted by molar-refractivity contribution is 7.91. The van der Waals surface area contributed by atoms with Crippen LogP contribution >= 0.6 is 0 Å². The molecule has 0 radical (unpaired) electrons. The number of nitrogens with zero attached hydrogens (tertiary/aromatic N) is 1. The fraction of sp³-hybridized carbons (Fsp3) is 0.529. The van der Waals surface area contributed by atoms with E-state index in [9.17, 15) is 8.42 Å². The van der Waals surface area contributed by atoms with E-state index in [1.54, 1.807) is 7.11 Å². The number of ether oxygens (including phenoxy) is 1. The number of rotatable bonds is 8. The third-order valence-electron chi connectivity index (χ3n) is 3.97. The van der Waals surface area contributed by atoms with Gasteiger partial charge in [0.25, 0.3) is 0 Å². The minimum atomic E-state index is -2.85. The fourth-order valence-corrected chi connectivity index (χ4v) is 4.55. The molecule has 5 heteroatoms. The van der Waals surface area contributed by atoms with Gasteiger partial charge in [-0.15, -0.1) is 0 Å². The van der Waals surface area contributed by atoms with Gasteiger partial charge >= 0.3 is 0 Å². The molecular formula is C17H25NO3S. The first kappa shape index (κ1) is 17.2. The molecule has 2 rings (SSSR count). The molecule has 4 nitrogen and oxygen atoms in total. The molecular weight excluding hydrogens is 298 g/mol. The van der Waals surface area contributed by atoms with Gasteiger partial charge < -0.3 is 4.74 Å². The van der Waals surface area contributed by atoms with E-state index < -0.39 is 9.84 Å². The van der Waals surface area contributed by atoms with E-state index in [-0.39, 0.29) is 6.04 Å². The van der Waals surface area contributed by atoms with Crippen LogP contribution in [0, 0.1) is 0 Å². The molecule has 122 valence electrons. The average Bonchev–Trinajstić information content (AvgIpc) is 2.87. The topological polar surface area (TPSA) is 46.6 Å². The van der Waals surface area contributed by atoms with Gasteiger partial charge in [-0.2, -0.15) is 0 Å². The molecule has 0 amide bonds. The summed E-state index contributed by atoms with van der Waals surface area (Å²) in [7, 11) is -1.15. The van der Waals surface area contributed by atoms with E-state index in [4.69, 9.17) is 4.74 Å². The molecule has 0 saturated carbocycles. The first-order valence-electron chi connectivity index (χ1n) is 7.76. The van der Waals surface area contributed by atoms with E-state index in [1.165, 1.54) is 5.56 Å². The molecule has 1 heterocycles. The van der Waals surface area contributed by atoms with Gasteiger partial charge in [-0.1, -0.05) is 42.5 Å². The minimum absolute atomic E-state index is 0.141. The Morgan fingerprint density at radius 1 is 1.32 bits per heavy atom. The van der Waals surface area contributed by atoms with Crippen molar-refractivity contribution in [3.8, 4) is 0 Å². The second-order valence-electron chi connectivity index (χ2n) is 5.71. The summed E-state index contributed by atoms with van der Waals surface area (Å²) in [6.07, 6.45) is 5.88. The minimum Gasteiger partial charge on any atom is -0.385 e. The van der Waals surface area contributed by atoms with Gasteiger partial charge in [-0.05, 0) is 18.4 Å². The summed E-state index contributed by atoms with van der Waals surface area (Å²) in [5, 5.41) is 0. The standard InChI is InChI=1S/C17H25NO3S/c1-21-13-6-12-18(17-10-14-22(19,20)15-17)11-5-9-16-7-3-2-4-8-16/h2-5,7-9,17H,6,10-15H2,1H3/b9-5-/t17-/m0/s1. The van der Waals surface area contributed by atoms with E-state index in [0.29, 0.717) is 18.1 Å². The second kappa shape index (κ2) is 8.46. The predicted molar refractivity (Wildman–Crippen MR) is 90.6 cm³/mol. The van der Waals surface area contributed by atoms with Crippen LogP contribution in [0.1, 0.15) is 18.4 Å². The lowest BCUT2D eigenvalue weighted by atomic mass is 10.2. The largest absolute Gasteiger partial charge is 0.385 e. The lowest BCUT2D eigenvalue weighted by Crippen LogP contribution is -2.37. The predicted octanol–water partition coefficient (Wildman–Crippen LogP) is 2.23. The zero-order chi connectivity index (χ0) is 15.8. The summed E-state index contributed by atoms with van der Waals surface area (Å²) in [6.45, 7) is 2.35. The van der Waals surface area contributed by atoms with Crippen molar-refractivity contribution in [1.82, 2.24) is 4.90 Å². The monoisotopic (exact) mass is 323 g/mol. The number of benzene rings is 1.